The number of carbonyl (C=O) groups excluding carboxylic acids is 1. The molecule has 0 radical (unpaired) electrons. The predicted molar refractivity (Wildman–Crippen MR) is 112 cm³/mol. The van der Waals surface area contributed by atoms with Gasteiger partial charge in [0.05, 0.1) is 12.8 Å². The molecule has 1 amide bonds. The summed E-state index contributed by atoms with van der Waals surface area (Å²) in [4.78, 5) is 13.3. The highest BCUT2D eigenvalue weighted by atomic mass is 32.2. The SMILES string of the molecule is COc1ccc(C)cc1NC(=O)[C@H](Sc1nncn1C(C)C)c1ccccc1. The second-order valence-electron chi connectivity index (χ2n) is 6.72. The molecule has 1 heterocycles. The molecular weight excluding hydrogens is 372 g/mol. The van der Waals surface area contributed by atoms with Crippen molar-refractivity contribution < 1.29 is 9.53 Å². The highest BCUT2D eigenvalue weighted by Crippen LogP contribution is 2.37. The lowest BCUT2D eigenvalue weighted by atomic mass is 10.1. The van der Waals surface area contributed by atoms with Gasteiger partial charge in [-0.05, 0) is 44.0 Å². The van der Waals surface area contributed by atoms with Crippen molar-refractivity contribution in [2.45, 2.75) is 37.2 Å². The highest BCUT2D eigenvalue weighted by Gasteiger charge is 2.26. The predicted octanol–water partition coefficient (Wildman–Crippen LogP) is 4.65. The summed E-state index contributed by atoms with van der Waals surface area (Å²) < 4.78 is 7.35. The van der Waals surface area contributed by atoms with Crippen molar-refractivity contribution in [3.8, 4) is 5.75 Å². The molecule has 0 aliphatic rings. The van der Waals surface area contributed by atoms with Crippen molar-refractivity contribution in [3.63, 3.8) is 0 Å². The minimum Gasteiger partial charge on any atom is -0.495 e. The molecule has 1 N–H and O–H groups in total. The minimum atomic E-state index is -0.479. The number of hydrogen-bond donors (Lipinski definition) is 1. The zero-order valence-corrected chi connectivity index (χ0v) is 17.2. The van der Waals surface area contributed by atoms with Crippen LogP contribution in [0.25, 0.3) is 0 Å². The Morgan fingerprint density at radius 1 is 1.18 bits per heavy atom. The molecule has 0 unspecified atom stereocenters. The summed E-state index contributed by atoms with van der Waals surface area (Å²) in [6, 6.07) is 15.6. The van der Waals surface area contributed by atoms with Gasteiger partial charge in [-0.1, -0.05) is 48.2 Å². The maximum Gasteiger partial charge on any atom is 0.242 e. The molecule has 1 atom stereocenters. The largest absolute Gasteiger partial charge is 0.495 e. The van der Waals surface area contributed by atoms with Crippen molar-refractivity contribution in [1.29, 1.82) is 0 Å². The molecule has 2 aromatic carbocycles. The van der Waals surface area contributed by atoms with Gasteiger partial charge >= 0.3 is 0 Å². The van der Waals surface area contributed by atoms with Crippen LogP contribution >= 0.6 is 11.8 Å². The van der Waals surface area contributed by atoms with Crippen LogP contribution in [0.2, 0.25) is 0 Å². The van der Waals surface area contributed by atoms with E-state index in [1.165, 1.54) is 11.8 Å². The molecule has 0 saturated heterocycles. The number of aryl methyl sites for hydroxylation is 1. The van der Waals surface area contributed by atoms with Crippen LogP contribution in [-0.4, -0.2) is 27.8 Å². The zero-order valence-electron chi connectivity index (χ0n) is 16.4. The number of benzene rings is 2. The molecule has 146 valence electrons. The van der Waals surface area contributed by atoms with Crippen molar-refractivity contribution in [1.82, 2.24) is 14.8 Å². The number of anilines is 1. The van der Waals surface area contributed by atoms with Crippen LogP contribution in [0.3, 0.4) is 0 Å². The van der Waals surface area contributed by atoms with Crippen molar-refractivity contribution in [3.05, 3.63) is 66.0 Å². The van der Waals surface area contributed by atoms with Crippen LogP contribution < -0.4 is 10.1 Å². The highest BCUT2D eigenvalue weighted by molar-refractivity contribution is 8.00. The van der Waals surface area contributed by atoms with Crippen molar-refractivity contribution in [2.75, 3.05) is 12.4 Å². The van der Waals surface area contributed by atoms with Gasteiger partial charge in [-0.25, -0.2) is 0 Å². The summed E-state index contributed by atoms with van der Waals surface area (Å²) >= 11 is 1.38. The van der Waals surface area contributed by atoms with Crippen LogP contribution in [0.1, 0.15) is 36.3 Å². The van der Waals surface area contributed by atoms with Gasteiger partial charge < -0.3 is 14.6 Å². The van der Waals surface area contributed by atoms with E-state index >= 15 is 0 Å². The molecule has 0 spiro atoms. The van der Waals surface area contributed by atoms with Crippen molar-refractivity contribution in [2.24, 2.45) is 0 Å². The van der Waals surface area contributed by atoms with Crippen molar-refractivity contribution >= 4 is 23.4 Å². The van der Waals surface area contributed by atoms with E-state index in [9.17, 15) is 4.79 Å². The Balaban J connectivity index is 1.92. The number of ether oxygens (including phenoxy) is 1. The zero-order chi connectivity index (χ0) is 20.1. The monoisotopic (exact) mass is 396 g/mol. The van der Waals surface area contributed by atoms with E-state index < -0.39 is 5.25 Å². The average molecular weight is 397 g/mol. The lowest BCUT2D eigenvalue weighted by molar-refractivity contribution is -0.115. The first kappa shape index (κ1) is 19.9. The van der Waals surface area contributed by atoms with Gasteiger partial charge in [0.25, 0.3) is 0 Å². The summed E-state index contributed by atoms with van der Waals surface area (Å²) in [5.41, 5.74) is 2.59. The molecular formula is C21H24N4O2S. The minimum absolute atomic E-state index is 0.140. The van der Waals surface area contributed by atoms with Gasteiger partial charge in [0.1, 0.15) is 17.3 Å². The van der Waals surface area contributed by atoms with E-state index in [-0.39, 0.29) is 11.9 Å². The van der Waals surface area contributed by atoms with Crippen LogP contribution in [0.5, 0.6) is 5.75 Å². The number of hydrogen-bond acceptors (Lipinski definition) is 5. The molecule has 0 bridgehead atoms. The number of methoxy groups -OCH3 is 1. The molecule has 3 rings (SSSR count). The number of aromatic nitrogens is 3. The maximum absolute atomic E-state index is 13.3. The number of amides is 1. The molecule has 0 saturated carbocycles. The summed E-state index contributed by atoms with van der Waals surface area (Å²) in [5.74, 6) is 0.486. The Hall–Kier alpha value is -2.80. The van der Waals surface area contributed by atoms with E-state index in [1.807, 2.05) is 60.0 Å². The van der Waals surface area contributed by atoms with Gasteiger partial charge in [-0.3, -0.25) is 4.79 Å². The number of thioether (sulfide) groups is 1. The Kier molecular flexibility index (Phi) is 6.36. The lowest BCUT2D eigenvalue weighted by Gasteiger charge is -2.19. The first-order chi connectivity index (χ1) is 13.5. The average Bonchev–Trinajstić information content (AvgIpc) is 3.15. The number of nitrogens with one attached hydrogen (secondary N) is 1. The van der Waals surface area contributed by atoms with Gasteiger partial charge in [-0.2, -0.15) is 0 Å². The third-order valence-corrected chi connectivity index (χ3v) is 5.50. The Bertz CT molecular complexity index is 941. The van der Waals surface area contributed by atoms with Crippen LogP contribution in [0.15, 0.2) is 60.0 Å². The third-order valence-electron chi connectivity index (χ3n) is 4.27. The Labute approximate surface area is 169 Å². The molecule has 28 heavy (non-hydrogen) atoms. The van der Waals surface area contributed by atoms with Gasteiger partial charge in [0.15, 0.2) is 5.16 Å². The molecule has 3 aromatic rings. The molecule has 6 nitrogen and oxygen atoms in total. The first-order valence-corrected chi connectivity index (χ1v) is 9.94. The molecule has 0 aliphatic carbocycles. The Morgan fingerprint density at radius 2 is 1.93 bits per heavy atom. The van der Waals surface area contributed by atoms with Gasteiger partial charge in [0.2, 0.25) is 5.91 Å². The molecule has 0 fully saturated rings. The molecule has 0 aliphatic heterocycles. The van der Waals surface area contributed by atoms with Crippen LogP contribution in [0.4, 0.5) is 5.69 Å². The summed E-state index contributed by atoms with van der Waals surface area (Å²) in [5, 5.41) is 11.5. The lowest BCUT2D eigenvalue weighted by Crippen LogP contribution is -2.20. The van der Waals surface area contributed by atoms with Gasteiger partial charge in [-0.15, -0.1) is 10.2 Å². The first-order valence-electron chi connectivity index (χ1n) is 9.06. The molecule has 1 aromatic heterocycles. The number of nitrogens with zero attached hydrogens (tertiary/aromatic N) is 3. The number of rotatable bonds is 7. The topological polar surface area (TPSA) is 69.0 Å². The quantitative estimate of drug-likeness (QED) is 0.589. The van der Waals surface area contributed by atoms with E-state index in [4.69, 9.17) is 4.74 Å². The second kappa shape index (κ2) is 8.93. The summed E-state index contributed by atoms with van der Waals surface area (Å²) in [6.45, 7) is 6.09. The smallest absolute Gasteiger partial charge is 0.242 e. The van der Waals surface area contributed by atoms with Crippen LogP contribution in [-0.2, 0) is 4.79 Å². The Morgan fingerprint density at radius 3 is 2.61 bits per heavy atom. The molecule has 7 heteroatoms. The normalized spacial score (nSPS) is 12.0. The third kappa shape index (κ3) is 4.54. The summed E-state index contributed by atoms with van der Waals surface area (Å²) in [6.07, 6.45) is 1.69. The fraction of sp³-hybridized carbons (Fsp3) is 0.286. The van der Waals surface area contributed by atoms with E-state index in [0.29, 0.717) is 16.6 Å². The van der Waals surface area contributed by atoms with E-state index in [0.717, 1.165) is 11.1 Å². The van der Waals surface area contributed by atoms with E-state index in [2.05, 4.69) is 29.4 Å². The fourth-order valence-corrected chi connectivity index (χ4v) is 3.94. The van der Waals surface area contributed by atoms with Gasteiger partial charge in [0, 0.05) is 6.04 Å². The summed E-state index contributed by atoms with van der Waals surface area (Å²) in [7, 11) is 1.59. The standard InChI is InChI=1S/C21H24N4O2S/c1-14(2)25-13-22-24-21(25)28-19(16-8-6-5-7-9-16)20(26)23-17-12-15(3)10-11-18(17)27-4/h5-14,19H,1-4H3,(H,23,26)/t19-/m1/s1. The second-order valence-corrected chi connectivity index (χ2v) is 7.79. The van der Waals surface area contributed by atoms with E-state index in [1.54, 1.807) is 13.4 Å². The fourth-order valence-electron chi connectivity index (χ4n) is 2.79. The maximum atomic E-state index is 13.3. The van der Waals surface area contributed by atoms with Crippen LogP contribution in [0, 0.1) is 6.92 Å². The number of carbonyl (C=O) groups is 1.